The van der Waals surface area contributed by atoms with Gasteiger partial charge < -0.3 is 0 Å². The molecule has 0 amide bonds. The van der Waals surface area contributed by atoms with Crippen LogP contribution in [0.5, 0.6) is 0 Å². The van der Waals surface area contributed by atoms with Crippen molar-refractivity contribution in [2.24, 2.45) is 5.92 Å². The fourth-order valence-electron chi connectivity index (χ4n) is 2.90. The summed E-state index contributed by atoms with van der Waals surface area (Å²) >= 11 is 13.2. The lowest BCUT2D eigenvalue weighted by molar-refractivity contribution is 0.0932. The number of hydrogen-bond acceptors (Lipinski definition) is 3. The summed E-state index contributed by atoms with van der Waals surface area (Å²) in [6, 6.07) is 1.69. The lowest BCUT2D eigenvalue weighted by Gasteiger charge is -2.19. The van der Waals surface area contributed by atoms with E-state index in [-0.39, 0.29) is 5.78 Å². The lowest BCUT2D eigenvalue weighted by Crippen LogP contribution is -2.31. The zero-order valence-corrected chi connectivity index (χ0v) is 14.2. The molecule has 0 spiro atoms. The smallest absolute Gasteiger partial charge is 0.179 e. The predicted molar refractivity (Wildman–Crippen MR) is 87.4 cm³/mol. The van der Waals surface area contributed by atoms with Crippen LogP contribution in [-0.4, -0.2) is 30.3 Å². The van der Waals surface area contributed by atoms with Crippen molar-refractivity contribution < 1.29 is 4.79 Å². The molecular weight excluding hydrogens is 313 g/mol. The molecular formula is C15H21Cl2NOS. The molecule has 2 heterocycles. The molecule has 5 heteroatoms. The number of ketones is 1. The number of rotatable bonds is 5. The van der Waals surface area contributed by atoms with Gasteiger partial charge in [0.15, 0.2) is 5.78 Å². The SMILES string of the molecule is CCCC1CCCN(CC(=O)c2cc(Cl)sc2Cl)CC1. The Balaban J connectivity index is 1.90. The van der Waals surface area contributed by atoms with Crippen LogP contribution in [0.4, 0.5) is 0 Å². The first-order chi connectivity index (χ1) is 9.60. The Kier molecular flexibility index (Phi) is 6.34. The summed E-state index contributed by atoms with van der Waals surface area (Å²) in [4.78, 5) is 14.6. The van der Waals surface area contributed by atoms with E-state index in [4.69, 9.17) is 23.2 Å². The molecule has 20 heavy (non-hydrogen) atoms. The molecule has 1 aliphatic heterocycles. The number of hydrogen-bond donors (Lipinski definition) is 0. The standard InChI is InChI=1S/C15H21Cl2NOS/c1-2-4-11-5-3-7-18(8-6-11)10-13(19)12-9-14(16)20-15(12)17/h9,11H,2-8,10H2,1H3. The predicted octanol–water partition coefficient (Wildman–Crippen LogP) is 5.14. The van der Waals surface area contributed by atoms with Gasteiger partial charge in [-0.2, -0.15) is 0 Å². The Morgan fingerprint density at radius 3 is 2.85 bits per heavy atom. The van der Waals surface area contributed by atoms with Gasteiger partial charge in [-0.25, -0.2) is 0 Å². The summed E-state index contributed by atoms with van der Waals surface area (Å²) in [7, 11) is 0. The highest BCUT2D eigenvalue weighted by Gasteiger charge is 2.21. The van der Waals surface area contributed by atoms with Gasteiger partial charge in [0.1, 0.15) is 4.34 Å². The molecule has 1 aliphatic rings. The molecule has 1 aromatic rings. The largest absolute Gasteiger partial charge is 0.296 e. The van der Waals surface area contributed by atoms with Crippen molar-refractivity contribution in [3.63, 3.8) is 0 Å². The molecule has 0 aromatic carbocycles. The Morgan fingerprint density at radius 1 is 1.40 bits per heavy atom. The van der Waals surface area contributed by atoms with Crippen molar-refractivity contribution >= 4 is 40.3 Å². The van der Waals surface area contributed by atoms with Crippen LogP contribution < -0.4 is 0 Å². The fourth-order valence-corrected chi connectivity index (χ4v) is 4.40. The van der Waals surface area contributed by atoms with E-state index in [2.05, 4.69) is 11.8 Å². The average molecular weight is 334 g/mol. The van der Waals surface area contributed by atoms with E-state index in [0.717, 1.165) is 19.0 Å². The normalized spacial score (nSPS) is 20.9. The van der Waals surface area contributed by atoms with E-state index >= 15 is 0 Å². The Morgan fingerprint density at radius 2 is 2.20 bits per heavy atom. The van der Waals surface area contributed by atoms with Gasteiger partial charge in [-0.3, -0.25) is 9.69 Å². The van der Waals surface area contributed by atoms with Crippen LogP contribution in [0, 0.1) is 5.92 Å². The number of thiophene rings is 1. The quantitative estimate of drug-likeness (QED) is 0.695. The van der Waals surface area contributed by atoms with Gasteiger partial charge in [-0.1, -0.05) is 43.0 Å². The molecule has 0 aliphatic carbocycles. The van der Waals surface area contributed by atoms with E-state index in [1.165, 1.54) is 43.4 Å². The first-order valence-electron chi connectivity index (χ1n) is 7.30. The van der Waals surface area contributed by atoms with Crippen LogP contribution in [-0.2, 0) is 0 Å². The molecule has 2 nitrogen and oxygen atoms in total. The highest BCUT2D eigenvalue weighted by atomic mass is 35.5. The molecule has 1 atom stereocenters. The number of carbonyl (C=O) groups is 1. The number of halogens is 2. The minimum Gasteiger partial charge on any atom is -0.296 e. The summed E-state index contributed by atoms with van der Waals surface area (Å²) in [6.45, 7) is 4.74. The Hall–Kier alpha value is -0.0900. The van der Waals surface area contributed by atoms with Gasteiger partial charge >= 0.3 is 0 Å². The summed E-state index contributed by atoms with van der Waals surface area (Å²) < 4.78 is 1.09. The fraction of sp³-hybridized carbons (Fsp3) is 0.667. The van der Waals surface area contributed by atoms with Gasteiger partial charge in [0.25, 0.3) is 0 Å². The maximum absolute atomic E-state index is 12.3. The molecule has 0 saturated carbocycles. The van der Waals surface area contributed by atoms with Crippen molar-refractivity contribution in [3.8, 4) is 0 Å². The molecule has 1 fully saturated rings. The first kappa shape index (κ1) is 16.3. The lowest BCUT2D eigenvalue weighted by atomic mass is 9.96. The van der Waals surface area contributed by atoms with Crippen LogP contribution in [0.3, 0.4) is 0 Å². The third-order valence-electron chi connectivity index (χ3n) is 3.96. The molecule has 0 radical (unpaired) electrons. The van der Waals surface area contributed by atoms with E-state index in [1.807, 2.05) is 0 Å². The molecule has 1 unspecified atom stereocenters. The summed E-state index contributed by atoms with van der Waals surface area (Å²) in [6.07, 6.45) is 6.26. The highest BCUT2D eigenvalue weighted by Crippen LogP contribution is 2.31. The summed E-state index contributed by atoms with van der Waals surface area (Å²) in [5.41, 5.74) is 0.580. The second-order valence-corrected chi connectivity index (χ2v) is 7.81. The number of nitrogens with zero attached hydrogens (tertiary/aromatic N) is 1. The minimum atomic E-state index is 0.0899. The van der Waals surface area contributed by atoms with Gasteiger partial charge in [0, 0.05) is 0 Å². The van der Waals surface area contributed by atoms with E-state index in [0.29, 0.717) is 20.8 Å². The first-order valence-corrected chi connectivity index (χ1v) is 8.87. The zero-order valence-electron chi connectivity index (χ0n) is 11.8. The van der Waals surface area contributed by atoms with Gasteiger partial charge in [0.05, 0.1) is 16.4 Å². The third kappa shape index (κ3) is 4.45. The second-order valence-electron chi connectivity index (χ2n) is 5.52. The number of carbonyl (C=O) groups excluding carboxylic acids is 1. The number of Topliss-reactive ketones (excluding diaryl/α,β-unsaturated/α-hetero) is 1. The molecule has 0 bridgehead atoms. The van der Waals surface area contributed by atoms with Crippen LogP contribution in [0.25, 0.3) is 0 Å². The average Bonchev–Trinajstić information content (AvgIpc) is 2.60. The van der Waals surface area contributed by atoms with Crippen molar-refractivity contribution in [2.45, 2.75) is 39.0 Å². The maximum Gasteiger partial charge on any atom is 0.179 e. The number of likely N-dealkylation sites (tertiary alicyclic amines) is 1. The molecule has 1 saturated heterocycles. The molecule has 112 valence electrons. The van der Waals surface area contributed by atoms with Crippen LogP contribution in [0.2, 0.25) is 8.67 Å². The van der Waals surface area contributed by atoms with Crippen molar-refractivity contribution in [2.75, 3.05) is 19.6 Å². The topological polar surface area (TPSA) is 20.3 Å². The molecule has 2 rings (SSSR count). The van der Waals surface area contributed by atoms with E-state index in [1.54, 1.807) is 6.07 Å². The highest BCUT2D eigenvalue weighted by molar-refractivity contribution is 7.20. The maximum atomic E-state index is 12.3. The third-order valence-corrected chi connectivity index (χ3v) is 5.45. The van der Waals surface area contributed by atoms with Gasteiger partial charge in [0.2, 0.25) is 0 Å². The van der Waals surface area contributed by atoms with E-state index in [9.17, 15) is 4.79 Å². The van der Waals surface area contributed by atoms with Crippen molar-refractivity contribution in [1.82, 2.24) is 4.90 Å². The monoisotopic (exact) mass is 333 g/mol. The van der Waals surface area contributed by atoms with Crippen molar-refractivity contribution in [1.29, 1.82) is 0 Å². The Labute approximate surface area is 135 Å². The van der Waals surface area contributed by atoms with Gasteiger partial charge in [-0.15, -0.1) is 11.3 Å². The van der Waals surface area contributed by atoms with Crippen LogP contribution >= 0.6 is 34.5 Å². The van der Waals surface area contributed by atoms with Crippen molar-refractivity contribution in [3.05, 3.63) is 20.3 Å². The summed E-state index contributed by atoms with van der Waals surface area (Å²) in [5.74, 6) is 0.923. The van der Waals surface area contributed by atoms with Crippen LogP contribution in [0.1, 0.15) is 49.4 Å². The van der Waals surface area contributed by atoms with E-state index < -0.39 is 0 Å². The summed E-state index contributed by atoms with van der Waals surface area (Å²) in [5, 5.41) is 0. The van der Waals surface area contributed by atoms with Crippen LogP contribution in [0.15, 0.2) is 6.07 Å². The van der Waals surface area contributed by atoms with Gasteiger partial charge in [-0.05, 0) is 44.3 Å². The molecule has 1 aromatic heterocycles. The molecule has 0 N–H and O–H groups in total. The zero-order chi connectivity index (χ0) is 14.5. The second kappa shape index (κ2) is 7.79. The Bertz CT molecular complexity index is 461. The minimum absolute atomic E-state index is 0.0899.